The third-order valence-corrected chi connectivity index (χ3v) is 3.78. The highest BCUT2D eigenvalue weighted by Gasteiger charge is 2.21. The summed E-state index contributed by atoms with van der Waals surface area (Å²) >= 11 is 0. The fraction of sp³-hybridized carbons (Fsp3) is 0.636. The zero-order valence-electron chi connectivity index (χ0n) is 18.4. The minimum atomic E-state index is -0.533. The van der Waals surface area contributed by atoms with Crippen LogP contribution in [-0.2, 0) is 31.9 Å². The first-order valence-electron chi connectivity index (χ1n) is 9.52. The van der Waals surface area contributed by atoms with E-state index in [1.807, 2.05) is 41.5 Å². The van der Waals surface area contributed by atoms with Gasteiger partial charge in [-0.1, -0.05) is 0 Å². The maximum atomic E-state index is 12.2. The van der Waals surface area contributed by atoms with Gasteiger partial charge in [0.05, 0.1) is 14.2 Å². The Hall–Kier alpha value is -2.24. The molecule has 0 fully saturated rings. The predicted molar refractivity (Wildman–Crippen MR) is 108 cm³/mol. The van der Waals surface area contributed by atoms with Crippen molar-refractivity contribution in [2.75, 3.05) is 14.2 Å². The summed E-state index contributed by atoms with van der Waals surface area (Å²) in [6.07, 6.45) is 1.28. The van der Waals surface area contributed by atoms with Crippen molar-refractivity contribution in [2.24, 2.45) is 0 Å². The highest BCUT2D eigenvalue weighted by Crippen LogP contribution is 2.33. The topological polar surface area (TPSA) is 71.1 Å². The molecule has 0 amide bonds. The highest BCUT2D eigenvalue weighted by atomic mass is 16.6. The maximum absolute atomic E-state index is 12.2. The number of carbonyl (C=O) groups is 2. The second-order valence-electron chi connectivity index (χ2n) is 8.60. The molecule has 6 nitrogen and oxygen atoms in total. The van der Waals surface area contributed by atoms with Crippen molar-refractivity contribution in [3.63, 3.8) is 0 Å². The number of esters is 2. The molecule has 0 aliphatic rings. The standard InChI is InChI=1S/C22H34O6/c1-21(2,3)27-19(23)13-9-15-16(10-14-20(24)28-22(4,5)6)18(26-8)12-11-17(15)25-7/h11-12H,9-10,13-14H2,1-8H3. The van der Waals surface area contributed by atoms with Crippen LogP contribution in [-0.4, -0.2) is 37.4 Å². The van der Waals surface area contributed by atoms with E-state index in [1.54, 1.807) is 26.4 Å². The number of hydrogen-bond acceptors (Lipinski definition) is 6. The Morgan fingerprint density at radius 1 is 0.714 bits per heavy atom. The number of carbonyl (C=O) groups excluding carboxylic acids is 2. The van der Waals surface area contributed by atoms with Gasteiger partial charge in [0.25, 0.3) is 0 Å². The van der Waals surface area contributed by atoms with Crippen LogP contribution in [0.15, 0.2) is 12.1 Å². The van der Waals surface area contributed by atoms with E-state index in [0.717, 1.165) is 11.1 Å². The highest BCUT2D eigenvalue weighted by molar-refractivity contribution is 5.72. The van der Waals surface area contributed by atoms with E-state index in [4.69, 9.17) is 18.9 Å². The largest absolute Gasteiger partial charge is 0.496 e. The Bertz CT molecular complexity index is 620. The molecule has 0 aliphatic heterocycles. The Morgan fingerprint density at radius 2 is 1.04 bits per heavy atom. The lowest BCUT2D eigenvalue weighted by atomic mass is 9.96. The van der Waals surface area contributed by atoms with Gasteiger partial charge in [0.1, 0.15) is 22.7 Å². The molecule has 0 N–H and O–H groups in total. The molecule has 0 bridgehead atoms. The van der Waals surface area contributed by atoms with E-state index in [-0.39, 0.29) is 24.8 Å². The molecule has 0 saturated heterocycles. The first-order chi connectivity index (χ1) is 12.9. The zero-order chi connectivity index (χ0) is 21.5. The molecule has 158 valence electrons. The Morgan fingerprint density at radius 3 is 1.29 bits per heavy atom. The van der Waals surface area contributed by atoms with Crippen LogP contribution in [0.4, 0.5) is 0 Å². The van der Waals surface area contributed by atoms with Gasteiger partial charge in [-0.05, 0) is 66.5 Å². The minimum Gasteiger partial charge on any atom is -0.496 e. The molecular weight excluding hydrogens is 360 g/mol. The Balaban J connectivity index is 3.03. The van der Waals surface area contributed by atoms with Crippen molar-refractivity contribution >= 4 is 11.9 Å². The molecule has 1 rings (SSSR count). The third-order valence-electron chi connectivity index (χ3n) is 3.78. The number of benzene rings is 1. The normalized spacial score (nSPS) is 11.7. The van der Waals surface area contributed by atoms with Gasteiger partial charge in [-0.2, -0.15) is 0 Å². The molecule has 1 aromatic rings. The molecule has 0 spiro atoms. The Kier molecular flexibility index (Phi) is 8.33. The smallest absolute Gasteiger partial charge is 0.306 e. The van der Waals surface area contributed by atoms with Crippen LogP contribution in [0.3, 0.4) is 0 Å². The number of hydrogen-bond donors (Lipinski definition) is 0. The van der Waals surface area contributed by atoms with Crippen molar-refractivity contribution in [3.05, 3.63) is 23.3 Å². The zero-order valence-corrected chi connectivity index (χ0v) is 18.4. The molecule has 1 aromatic carbocycles. The summed E-state index contributed by atoms with van der Waals surface area (Å²) in [6.45, 7) is 11.0. The predicted octanol–water partition coefficient (Wildman–Crippen LogP) is 4.25. The first-order valence-corrected chi connectivity index (χ1v) is 9.52. The molecule has 0 atom stereocenters. The summed E-state index contributed by atoms with van der Waals surface area (Å²) < 4.78 is 21.8. The van der Waals surface area contributed by atoms with Crippen LogP contribution in [0.5, 0.6) is 11.5 Å². The van der Waals surface area contributed by atoms with Crippen molar-refractivity contribution in [2.45, 2.75) is 78.4 Å². The molecule has 0 aromatic heterocycles. The van der Waals surface area contributed by atoms with Crippen LogP contribution in [0.1, 0.15) is 65.5 Å². The van der Waals surface area contributed by atoms with Crippen LogP contribution < -0.4 is 9.47 Å². The minimum absolute atomic E-state index is 0.209. The van der Waals surface area contributed by atoms with Gasteiger partial charge in [-0.25, -0.2) is 0 Å². The average molecular weight is 395 g/mol. The SMILES string of the molecule is COc1ccc(OC)c(CCC(=O)OC(C)(C)C)c1CCC(=O)OC(C)(C)C. The van der Waals surface area contributed by atoms with Gasteiger partial charge in [0.2, 0.25) is 0 Å². The lowest BCUT2D eigenvalue weighted by Gasteiger charge is -2.21. The van der Waals surface area contributed by atoms with Crippen LogP contribution >= 0.6 is 0 Å². The third kappa shape index (κ3) is 8.19. The molecule has 0 heterocycles. The second-order valence-corrected chi connectivity index (χ2v) is 8.60. The van der Waals surface area contributed by atoms with Gasteiger partial charge in [-0.15, -0.1) is 0 Å². The molecule has 0 aliphatic carbocycles. The molecular formula is C22H34O6. The number of methoxy groups -OCH3 is 2. The van der Waals surface area contributed by atoms with E-state index in [9.17, 15) is 9.59 Å². The summed E-state index contributed by atoms with van der Waals surface area (Å²) in [5.41, 5.74) is 0.622. The van der Waals surface area contributed by atoms with E-state index >= 15 is 0 Å². The average Bonchev–Trinajstić information content (AvgIpc) is 2.54. The van der Waals surface area contributed by atoms with Crippen LogP contribution in [0.25, 0.3) is 0 Å². The molecule has 0 saturated carbocycles. The lowest BCUT2D eigenvalue weighted by molar-refractivity contribution is -0.156. The van der Waals surface area contributed by atoms with E-state index in [2.05, 4.69) is 0 Å². The van der Waals surface area contributed by atoms with Crippen molar-refractivity contribution in [1.82, 2.24) is 0 Å². The summed E-state index contributed by atoms with van der Waals surface area (Å²) in [4.78, 5) is 24.3. The van der Waals surface area contributed by atoms with E-state index in [0.29, 0.717) is 24.3 Å². The fourth-order valence-corrected chi connectivity index (χ4v) is 2.82. The van der Waals surface area contributed by atoms with Gasteiger partial charge >= 0.3 is 11.9 Å². The van der Waals surface area contributed by atoms with Gasteiger partial charge in [-0.3, -0.25) is 9.59 Å². The van der Waals surface area contributed by atoms with Gasteiger partial charge in [0, 0.05) is 24.0 Å². The van der Waals surface area contributed by atoms with Crippen LogP contribution in [0.2, 0.25) is 0 Å². The second kappa shape index (κ2) is 9.80. The monoisotopic (exact) mass is 394 g/mol. The molecule has 6 heteroatoms. The maximum Gasteiger partial charge on any atom is 0.306 e. The fourth-order valence-electron chi connectivity index (χ4n) is 2.82. The van der Waals surface area contributed by atoms with E-state index in [1.165, 1.54) is 0 Å². The quantitative estimate of drug-likeness (QED) is 0.614. The van der Waals surface area contributed by atoms with Crippen molar-refractivity contribution in [1.29, 1.82) is 0 Å². The first kappa shape index (κ1) is 23.8. The molecule has 28 heavy (non-hydrogen) atoms. The van der Waals surface area contributed by atoms with E-state index < -0.39 is 11.2 Å². The Labute approximate surface area is 168 Å². The van der Waals surface area contributed by atoms with Crippen molar-refractivity contribution in [3.8, 4) is 11.5 Å². The molecule has 0 unspecified atom stereocenters. The molecule has 0 radical (unpaired) electrons. The van der Waals surface area contributed by atoms with Crippen molar-refractivity contribution < 1.29 is 28.5 Å². The summed E-state index contributed by atoms with van der Waals surface area (Å²) in [6, 6.07) is 3.61. The number of rotatable bonds is 8. The summed E-state index contributed by atoms with van der Waals surface area (Å²) in [5.74, 6) is 0.748. The van der Waals surface area contributed by atoms with Crippen LogP contribution in [0, 0.1) is 0 Å². The van der Waals surface area contributed by atoms with Gasteiger partial charge < -0.3 is 18.9 Å². The summed E-state index contributed by atoms with van der Waals surface area (Å²) in [7, 11) is 3.16. The van der Waals surface area contributed by atoms with Gasteiger partial charge in [0.15, 0.2) is 0 Å². The summed E-state index contributed by atoms with van der Waals surface area (Å²) in [5, 5.41) is 0. The number of ether oxygens (including phenoxy) is 4. The lowest BCUT2D eigenvalue weighted by Crippen LogP contribution is -2.24.